The molecule has 0 heterocycles. The molecule has 0 aliphatic carbocycles. The van der Waals surface area contributed by atoms with Gasteiger partial charge >= 0.3 is 59.1 Å². The van der Waals surface area contributed by atoms with Gasteiger partial charge in [0.05, 0.1) is 5.97 Å². The van der Waals surface area contributed by atoms with E-state index in [1.54, 1.807) is 0 Å². The molecular weight excluding hydrogens is 250 g/mol. The molecule has 0 aliphatic heterocycles. The molecule has 0 spiro atoms. The van der Waals surface area contributed by atoms with Crippen molar-refractivity contribution in [2.45, 2.75) is 12.2 Å². The molecule has 0 radical (unpaired) electrons. The Balaban J connectivity index is -0.000000720. The van der Waals surface area contributed by atoms with E-state index in [-0.39, 0.29) is 59.1 Å². The first-order valence-corrected chi connectivity index (χ1v) is 4.56. The minimum atomic E-state index is -4.99. The predicted molar refractivity (Wildman–Crippen MR) is 34.5 cm³/mol. The Hall–Kier alpha value is 0.850. The van der Waals surface area contributed by atoms with Crippen molar-refractivity contribution in [2.24, 2.45) is 5.92 Å². The van der Waals surface area contributed by atoms with Gasteiger partial charge in [-0.2, -0.15) is 8.42 Å². The second kappa shape index (κ2) is 8.02. The maximum atomic E-state index is 10.4. The molecule has 2 atom stereocenters. The van der Waals surface area contributed by atoms with E-state index in [0.29, 0.717) is 0 Å². The van der Waals surface area contributed by atoms with Crippen molar-refractivity contribution in [3.63, 3.8) is 0 Å². The zero-order valence-electron chi connectivity index (χ0n) is 8.46. The van der Waals surface area contributed by atoms with Gasteiger partial charge in [0.15, 0.2) is 0 Å². The van der Waals surface area contributed by atoms with Crippen molar-refractivity contribution >= 4 is 22.1 Å². The molecule has 0 rings (SSSR count). The number of hydrogen-bond donors (Lipinski definition) is 1. The molecule has 76 valence electrons. The molecule has 2 unspecified atom stereocenters. The number of carbonyl (C=O) groups is 2. The summed E-state index contributed by atoms with van der Waals surface area (Å²) in [6, 6.07) is 0. The average Bonchev–Trinajstić information content (AvgIpc) is 1.82. The van der Waals surface area contributed by atoms with Gasteiger partial charge in [0, 0.05) is 11.9 Å². The summed E-state index contributed by atoms with van der Waals surface area (Å²) < 4.78 is 29.1. The van der Waals surface area contributed by atoms with Crippen LogP contribution < -0.4 is 69.3 Å². The molecule has 0 saturated heterocycles. The number of aliphatic carboxylic acids is 2. The summed E-state index contributed by atoms with van der Waals surface area (Å²) in [7, 11) is -4.99. The van der Waals surface area contributed by atoms with Crippen LogP contribution in [0.1, 0.15) is 6.92 Å². The molecule has 7 nitrogen and oxygen atoms in total. The first-order chi connectivity index (χ1) is 5.68. The molecule has 0 amide bonds. The fourth-order valence-electron chi connectivity index (χ4n) is 0.707. The number of hydrogen-bond acceptors (Lipinski definition) is 6. The van der Waals surface area contributed by atoms with Gasteiger partial charge in [-0.25, -0.2) is 0 Å². The van der Waals surface area contributed by atoms with E-state index < -0.39 is 33.2 Å². The molecule has 0 aromatic carbocycles. The van der Waals surface area contributed by atoms with E-state index in [0.717, 1.165) is 6.92 Å². The minimum absolute atomic E-state index is 0. The maximum absolute atomic E-state index is 10.4. The van der Waals surface area contributed by atoms with Gasteiger partial charge in [-0.3, -0.25) is 4.55 Å². The van der Waals surface area contributed by atoms with Crippen molar-refractivity contribution < 1.29 is 91.9 Å². The second-order valence-electron chi connectivity index (χ2n) is 2.36. The Labute approximate surface area is 131 Å². The van der Waals surface area contributed by atoms with Gasteiger partial charge in [0.1, 0.15) is 5.25 Å². The van der Waals surface area contributed by atoms with Gasteiger partial charge in [-0.05, 0) is 0 Å². The van der Waals surface area contributed by atoms with Crippen LogP contribution in [0.2, 0.25) is 0 Å². The molecule has 0 aromatic heterocycles. The third-order valence-electron chi connectivity index (χ3n) is 1.38. The summed E-state index contributed by atoms with van der Waals surface area (Å²) >= 11 is 0. The topological polar surface area (TPSA) is 135 Å². The van der Waals surface area contributed by atoms with Crippen molar-refractivity contribution in [3.8, 4) is 0 Å². The largest absolute Gasteiger partial charge is 1.00 e. The molecule has 0 fully saturated rings. The van der Waals surface area contributed by atoms with E-state index in [4.69, 9.17) is 4.55 Å². The second-order valence-corrected chi connectivity index (χ2v) is 3.90. The van der Waals surface area contributed by atoms with Gasteiger partial charge in [-0.1, -0.05) is 6.92 Å². The number of rotatable bonds is 4. The molecule has 0 saturated carbocycles. The normalized spacial score (nSPS) is 14.0. The number of carboxylic acid groups (broad SMARTS) is 2. The molecular formula is C5H6Na2O7S. The van der Waals surface area contributed by atoms with Crippen LogP contribution in [-0.2, 0) is 19.7 Å². The Bertz CT molecular complexity index is 324. The van der Waals surface area contributed by atoms with Crippen LogP contribution in [0.4, 0.5) is 0 Å². The van der Waals surface area contributed by atoms with Crippen molar-refractivity contribution in [3.05, 3.63) is 0 Å². The van der Waals surface area contributed by atoms with E-state index in [1.807, 2.05) is 0 Å². The van der Waals surface area contributed by atoms with Gasteiger partial charge < -0.3 is 19.8 Å². The number of carbonyl (C=O) groups excluding carboxylic acids is 2. The molecule has 0 aliphatic rings. The monoisotopic (exact) mass is 256 g/mol. The average molecular weight is 256 g/mol. The third-order valence-corrected chi connectivity index (χ3v) is 2.62. The summed E-state index contributed by atoms with van der Waals surface area (Å²) in [6.45, 7) is 0.781. The minimum Gasteiger partial charge on any atom is -0.550 e. The summed E-state index contributed by atoms with van der Waals surface area (Å²) in [5, 5.41) is 17.8. The molecule has 10 heteroatoms. The summed E-state index contributed by atoms with van der Waals surface area (Å²) in [5.74, 6) is -5.95. The Kier molecular flexibility index (Phi) is 11.3. The maximum Gasteiger partial charge on any atom is 1.00 e. The van der Waals surface area contributed by atoms with Crippen LogP contribution in [0.15, 0.2) is 0 Å². The number of carboxylic acids is 2. The van der Waals surface area contributed by atoms with E-state index >= 15 is 0 Å². The van der Waals surface area contributed by atoms with Gasteiger partial charge in [0.25, 0.3) is 10.1 Å². The third kappa shape index (κ3) is 6.90. The van der Waals surface area contributed by atoms with Gasteiger partial charge in [0.2, 0.25) is 0 Å². The van der Waals surface area contributed by atoms with E-state index in [2.05, 4.69) is 0 Å². The zero-order chi connectivity index (χ0) is 10.8. The van der Waals surface area contributed by atoms with E-state index in [9.17, 15) is 28.2 Å². The Morgan fingerprint density at radius 3 is 1.53 bits per heavy atom. The molecule has 0 aromatic rings. The van der Waals surface area contributed by atoms with Crippen LogP contribution in [0.25, 0.3) is 0 Å². The smallest absolute Gasteiger partial charge is 0.550 e. The fourth-order valence-corrected chi connectivity index (χ4v) is 1.58. The summed E-state index contributed by atoms with van der Waals surface area (Å²) in [6.07, 6.45) is 0. The molecule has 0 bridgehead atoms. The van der Waals surface area contributed by atoms with Gasteiger partial charge in [-0.15, -0.1) is 0 Å². The van der Waals surface area contributed by atoms with Crippen molar-refractivity contribution in [2.75, 3.05) is 0 Å². The van der Waals surface area contributed by atoms with Crippen LogP contribution in [0.5, 0.6) is 0 Å². The van der Waals surface area contributed by atoms with Crippen LogP contribution in [0.3, 0.4) is 0 Å². The van der Waals surface area contributed by atoms with Crippen LogP contribution in [0, 0.1) is 5.92 Å². The first-order valence-electron chi connectivity index (χ1n) is 3.06. The Morgan fingerprint density at radius 2 is 1.47 bits per heavy atom. The standard InChI is InChI=1S/C5H8O7S.2Na/c1-2(4(6)7)3(5(8)9)13(10,11)12;;/h2-3H,1H3,(H,6,7)(H,8,9)(H,10,11,12);;/q;2*+1/p-2. The van der Waals surface area contributed by atoms with Crippen molar-refractivity contribution in [1.29, 1.82) is 0 Å². The first kappa shape index (κ1) is 21.2. The van der Waals surface area contributed by atoms with Crippen LogP contribution >= 0.6 is 0 Å². The molecule has 1 N–H and O–H groups in total. The molecule has 15 heavy (non-hydrogen) atoms. The van der Waals surface area contributed by atoms with Crippen molar-refractivity contribution in [1.82, 2.24) is 0 Å². The van der Waals surface area contributed by atoms with Crippen LogP contribution in [-0.4, -0.2) is 30.2 Å². The quantitative estimate of drug-likeness (QED) is 0.389. The SMILES string of the molecule is CC(C(=O)[O-])C(C(=O)[O-])S(=O)(=O)O.[Na+].[Na+]. The fraction of sp³-hybridized carbons (Fsp3) is 0.600. The summed E-state index contributed by atoms with van der Waals surface area (Å²) in [4.78, 5) is 20.3. The summed E-state index contributed by atoms with van der Waals surface area (Å²) in [5.41, 5.74) is 0. The predicted octanol–water partition coefficient (Wildman–Crippen LogP) is -9.61. The zero-order valence-corrected chi connectivity index (χ0v) is 13.3. The Morgan fingerprint density at radius 1 is 1.13 bits per heavy atom. The van der Waals surface area contributed by atoms with E-state index in [1.165, 1.54) is 0 Å².